The number of aliphatic hydroxyl groups excluding tert-OH is 1. The van der Waals surface area contributed by atoms with Gasteiger partial charge in [-0.2, -0.15) is 0 Å². The van der Waals surface area contributed by atoms with Gasteiger partial charge in [-0.3, -0.25) is 0 Å². The molecule has 0 fully saturated rings. The molecule has 0 rings (SSSR count). The first-order valence-corrected chi connectivity index (χ1v) is 2.44. The van der Waals surface area contributed by atoms with Crippen LogP contribution in [0.1, 0.15) is 29.9 Å². The van der Waals surface area contributed by atoms with E-state index in [0.717, 1.165) is 6.42 Å². The van der Waals surface area contributed by atoms with Crippen LogP contribution in [0.3, 0.4) is 0 Å². The lowest BCUT2D eigenvalue weighted by atomic mass is 9.92. The molecule has 1 heteroatoms. The van der Waals surface area contributed by atoms with Crippen molar-refractivity contribution in [3.63, 3.8) is 0 Å². The van der Waals surface area contributed by atoms with E-state index in [2.05, 4.69) is 0 Å². The summed E-state index contributed by atoms with van der Waals surface area (Å²) in [7, 11) is 0. The third kappa shape index (κ3) is 2.63. The fraction of sp³-hybridized carbons (Fsp3) is 1.00. The lowest BCUT2D eigenvalue weighted by Crippen LogP contribution is -2.14. The van der Waals surface area contributed by atoms with Crippen molar-refractivity contribution >= 4 is 0 Å². The van der Waals surface area contributed by atoms with E-state index >= 15 is 0 Å². The van der Waals surface area contributed by atoms with Crippen LogP contribution < -0.4 is 0 Å². The van der Waals surface area contributed by atoms with Gasteiger partial charge in [-0.15, -0.1) is 0 Å². The average molecular weight is 104 g/mol. The van der Waals surface area contributed by atoms with Crippen LogP contribution in [0.2, 0.25) is 0 Å². The largest absolute Gasteiger partial charge is 0.396 e. The normalized spacial score (nSPS) is 15.7. The smallest absolute Gasteiger partial charge is 0.0482 e. The Bertz CT molecular complexity index is 53.9. The Balaban J connectivity index is 3.82. The molecule has 1 N–H and O–H groups in total. The lowest BCUT2D eigenvalue weighted by Gasteiger charge is -2.17. The van der Waals surface area contributed by atoms with Gasteiger partial charge >= 0.3 is 0 Å². The molecule has 0 saturated heterocycles. The maximum absolute atomic E-state index is 8.74. The molecule has 0 amide bonds. The van der Waals surface area contributed by atoms with Crippen molar-refractivity contribution in [2.24, 2.45) is 5.41 Å². The molecule has 0 aliphatic rings. The molecule has 1 nitrogen and oxygen atoms in total. The minimum Gasteiger partial charge on any atom is -0.396 e. The fourth-order valence-corrected chi connectivity index (χ4v) is 0.112. The molecule has 0 atom stereocenters. The van der Waals surface area contributed by atoms with Crippen molar-refractivity contribution in [2.45, 2.75) is 27.1 Å². The predicted octanol–water partition coefficient (Wildman–Crippen LogP) is 1.41. The van der Waals surface area contributed by atoms with Gasteiger partial charge in [-0.25, -0.2) is 0 Å². The molecule has 0 saturated carbocycles. The van der Waals surface area contributed by atoms with E-state index in [9.17, 15) is 0 Å². The summed E-state index contributed by atoms with van der Waals surface area (Å²) in [4.78, 5) is 0. The van der Waals surface area contributed by atoms with Crippen molar-refractivity contribution < 1.29 is 7.85 Å². The van der Waals surface area contributed by atoms with Gasteiger partial charge in [-0.1, -0.05) is 20.7 Å². The molecular formula is C6H14O. The van der Waals surface area contributed by atoms with Crippen LogP contribution in [0.5, 0.6) is 0 Å². The Morgan fingerprint density at radius 2 is 2.29 bits per heavy atom. The van der Waals surface area contributed by atoms with E-state index in [1.807, 2.05) is 6.92 Å². The van der Waals surface area contributed by atoms with Crippen molar-refractivity contribution in [3.8, 4) is 0 Å². The second kappa shape index (κ2) is 2.31. The quantitative estimate of drug-likeness (QED) is 0.561. The molecule has 0 unspecified atom stereocenters. The molecular weight excluding hydrogens is 88.1 g/mol. The number of hydrogen-bond acceptors (Lipinski definition) is 1. The van der Waals surface area contributed by atoms with E-state index in [-0.39, 0.29) is 20.4 Å². The maximum Gasteiger partial charge on any atom is 0.0482 e. The lowest BCUT2D eigenvalue weighted by molar-refractivity contribution is 0.155. The third-order valence-corrected chi connectivity index (χ3v) is 1.09. The van der Waals surface area contributed by atoms with Crippen LogP contribution in [0.15, 0.2) is 0 Å². The topological polar surface area (TPSA) is 20.2 Å². The first kappa shape index (κ1) is 3.90. The van der Waals surface area contributed by atoms with Crippen molar-refractivity contribution in [1.82, 2.24) is 0 Å². The molecule has 0 aromatic rings. The highest BCUT2D eigenvalue weighted by Crippen LogP contribution is 2.16. The molecule has 0 bridgehead atoms. The Labute approximate surface area is 48.2 Å². The van der Waals surface area contributed by atoms with Crippen LogP contribution in [-0.2, 0) is 0 Å². The van der Waals surface area contributed by atoms with Crippen molar-refractivity contribution in [3.05, 3.63) is 0 Å². The van der Waals surface area contributed by atoms with Crippen LogP contribution >= 0.6 is 0 Å². The first-order valence-electron chi connectivity index (χ1n) is 3.85. The van der Waals surface area contributed by atoms with Gasteiger partial charge in [0.05, 0.1) is 0 Å². The second-order valence-electron chi connectivity index (χ2n) is 2.01. The predicted molar refractivity (Wildman–Crippen MR) is 31.2 cm³/mol. The summed E-state index contributed by atoms with van der Waals surface area (Å²) < 4.78 is 14.1. The van der Waals surface area contributed by atoms with Crippen LogP contribution in [0, 0.1) is 5.41 Å². The standard InChI is InChI=1S/C6H14O/c1-4-6(2,3)5-7/h7H,4-5H2,1-3H3/i2D,3D. The summed E-state index contributed by atoms with van der Waals surface area (Å²) in [5, 5.41) is 8.74. The molecule has 0 radical (unpaired) electrons. The summed E-state index contributed by atoms with van der Waals surface area (Å²) in [5.41, 5.74) is -0.444. The Morgan fingerprint density at radius 3 is 2.29 bits per heavy atom. The summed E-state index contributed by atoms with van der Waals surface area (Å²) in [5.74, 6) is 0. The monoisotopic (exact) mass is 104 g/mol. The minimum absolute atomic E-state index is 0.0312. The van der Waals surface area contributed by atoms with Crippen LogP contribution in [0.25, 0.3) is 0 Å². The zero-order chi connectivity index (χ0) is 7.33. The fourth-order valence-electron chi connectivity index (χ4n) is 0.112. The summed E-state index contributed by atoms with van der Waals surface area (Å²) in [6.07, 6.45) is 0.719. The maximum atomic E-state index is 8.74. The van der Waals surface area contributed by atoms with Gasteiger partial charge in [-0.05, 0) is 11.8 Å². The van der Waals surface area contributed by atoms with Crippen LogP contribution in [0.4, 0.5) is 0 Å². The van der Waals surface area contributed by atoms with Gasteiger partial charge in [0.1, 0.15) is 0 Å². The molecule has 0 heterocycles. The molecule has 7 heavy (non-hydrogen) atoms. The van der Waals surface area contributed by atoms with E-state index in [4.69, 9.17) is 7.85 Å². The van der Waals surface area contributed by atoms with E-state index in [1.165, 1.54) is 0 Å². The molecule has 0 spiro atoms. The van der Waals surface area contributed by atoms with E-state index in [1.54, 1.807) is 0 Å². The summed E-state index contributed by atoms with van der Waals surface area (Å²) >= 11 is 0. The highest BCUT2D eigenvalue weighted by Gasteiger charge is 2.11. The van der Waals surface area contributed by atoms with Crippen molar-refractivity contribution in [2.75, 3.05) is 6.61 Å². The third-order valence-electron chi connectivity index (χ3n) is 1.09. The summed E-state index contributed by atoms with van der Waals surface area (Å²) in [6.45, 7) is 2.18. The number of rotatable bonds is 2. The van der Waals surface area contributed by atoms with Crippen molar-refractivity contribution in [1.29, 1.82) is 0 Å². The minimum atomic E-state index is -0.444. The van der Waals surface area contributed by atoms with E-state index in [0.29, 0.717) is 0 Å². The Hall–Kier alpha value is -0.0400. The highest BCUT2D eigenvalue weighted by molar-refractivity contribution is 4.62. The van der Waals surface area contributed by atoms with Gasteiger partial charge in [0.2, 0.25) is 0 Å². The molecule has 44 valence electrons. The van der Waals surface area contributed by atoms with Gasteiger partial charge < -0.3 is 5.11 Å². The molecule has 0 aliphatic carbocycles. The first-order chi connectivity index (χ1) is 4.24. The zero-order valence-corrected chi connectivity index (χ0v) is 4.78. The molecule has 0 aromatic carbocycles. The Kier molecular flexibility index (Phi) is 1.29. The molecule has 0 aromatic heterocycles. The number of aliphatic hydroxyl groups is 1. The Morgan fingerprint density at radius 1 is 1.71 bits per heavy atom. The van der Waals surface area contributed by atoms with E-state index < -0.39 is 5.41 Å². The van der Waals surface area contributed by atoms with Gasteiger partial charge in [0, 0.05) is 9.35 Å². The zero-order valence-electron chi connectivity index (χ0n) is 6.78. The average Bonchev–Trinajstić information content (AvgIpc) is 1.95. The van der Waals surface area contributed by atoms with Gasteiger partial charge in [0.25, 0.3) is 0 Å². The molecule has 0 aliphatic heterocycles. The number of hydrogen-bond donors (Lipinski definition) is 1. The summed E-state index contributed by atoms with van der Waals surface area (Å²) in [6, 6.07) is 0. The van der Waals surface area contributed by atoms with Crippen LogP contribution in [-0.4, -0.2) is 11.7 Å². The van der Waals surface area contributed by atoms with Gasteiger partial charge in [0.15, 0.2) is 0 Å². The highest BCUT2D eigenvalue weighted by atomic mass is 16.3. The second-order valence-corrected chi connectivity index (χ2v) is 2.01. The SMILES string of the molecule is [2H]CC(C[2H])(CC)CO.